The van der Waals surface area contributed by atoms with Crippen molar-refractivity contribution in [2.45, 2.75) is 19.0 Å². The van der Waals surface area contributed by atoms with Crippen LogP contribution in [0.1, 0.15) is 16.7 Å². The van der Waals surface area contributed by atoms with Crippen molar-refractivity contribution in [3.05, 3.63) is 53.1 Å². The van der Waals surface area contributed by atoms with Gasteiger partial charge >= 0.3 is 6.18 Å². The van der Waals surface area contributed by atoms with Crippen LogP contribution in [0, 0.1) is 0 Å². The molecule has 1 amide bonds. The van der Waals surface area contributed by atoms with Gasteiger partial charge in [-0.1, -0.05) is 12.1 Å². The molecule has 150 valence electrons. The molecule has 1 aliphatic rings. The second kappa shape index (κ2) is 8.52. The zero-order valence-electron chi connectivity index (χ0n) is 15.3. The zero-order valence-corrected chi connectivity index (χ0v) is 15.3. The van der Waals surface area contributed by atoms with Crippen molar-refractivity contribution >= 4 is 11.6 Å². The van der Waals surface area contributed by atoms with Gasteiger partial charge in [-0.15, -0.1) is 0 Å². The minimum Gasteiger partial charge on any atom is -0.493 e. The summed E-state index contributed by atoms with van der Waals surface area (Å²) >= 11 is 0. The number of hydrogen-bond donors (Lipinski definition) is 1. The Morgan fingerprint density at radius 2 is 2.00 bits per heavy atom. The lowest BCUT2D eigenvalue weighted by Gasteiger charge is -2.15. The topological polar surface area (TPSA) is 56.8 Å². The monoisotopic (exact) mass is 395 g/mol. The van der Waals surface area contributed by atoms with E-state index in [4.69, 9.17) is 14.2 Å². The number of halogens is 3. The van der Waals surface area contributed by atoms with Gasteiger partial charge in [0, 0.05) is 13.5 Å². The first kappa shape index (κ1) is 20.0. The number of benzene rings is 2. The quantitative estimate of drug-likeness (QED) is 0.724. The molecule has 0 fully saturated rings. The molecule has 28 heavy (non-hydrogen) atoms. The van der Waals surface area contributed by atoms with E-state index >= 15 is 0 Å². The summed E-state index contributed by atoms with van der Waals surface area (Å²) < 4.78 is 54.8. The highest BCUT2D eigenvalue weighted by Gasteiger charge is 2.31. The van der Waals surface area contributed by atoms with E-state index < -0.39 is 17.6 Å². The van der Waals surface area contributed by atoms with Crippen LogP contribution in [0.25, 0.3) is 0 Å². The molecule has 2 aromatic rings. The molecule has 3 rings (SSSR count). The molecule has 8 heteroatoms. The summed E-state index contributed by atoms with van der Waals surface area (Å²) in [6.07, 6.45) is -3.72. The number of carbonyl (C=O) groups excluding carboxylic acids is 1. The maximum absolute atomic E-state index is 13.0. The number of fused-ring (bicyclic) bond motifs is 1. The molecular weight excluding hydrogens is 375 g/mol. The molecule has 1 aliphatic heterocycles. The molecule has 0 saturated heterocycles. The number of hydrogen-bond acceptors (Lipinski definition) is 4. The van der Waals surface area contributed by atoms with Crippen molar-refractivity contribution in [2.75, 3.05) is 32.2 Å². The Balaban J connectivity index is 1.75. The van der Waals surface area contributed by atoms with Crippen LogP contribution in [0.4, 0.5) is 18.9 Å². The lowest BCUT2D eigenvalue weighted by atomic mass is 10.1. The number of anilines is 1. The van der Waals surface area contributed by atoms with E-state index in [9.17, 15) is 18.0 Å². The minimum absolute atomic E-state index is 0.0274. The average molecular weight is 395 g/mol. The molecule has 0 bridgehead atoms. The number of amides is 1. The van der Waals surface area contributed by atoms with E-state index in [2.05, 4.69) is 5.32 Å². The van der Waals surface area contributed by atoms with Gasteiger partial charge in [0.25, 0.3) is 0 Å². The number of ether oxygens (including phenoxy) is 3. The minimum atomic E-state index is -4.52. The highest BCUT2D eigenvalue weighted by Crippen LogP contribution is 2.35. The SMILES string of the molecule is COCCOc1ccc(C(F)(F)F)cc1NC(=O)Cc1ccc2c(c1)CCO2. The normalized spacial score (nSPS) is 13.0. The first-order valence-corrected chi connectivity index (χ1v) is 8.74. The predicted octanol–water partition coefficient (Wildman–Crippen LogP) is 3.85. The van der Waals surface area contributed by atoms with Crippen molar-refractivity contribution in [2.24, 2.45) is 0 Å². The van der Waals surface area contributed by atoms with Gasteiger partial charge in [-0.3, -0.25) is 4.79 Å². The van der Waals surface area contributed by atoms with Gasteiger partial charge in [-0.2, -0.15) is 13.2 Å². The lowest BCUT2D eigenvalue weighted by Crippen LogP contribution is -2.17. The molecule has 0 aliphatic carbocycles. The van der Waals surface area contributed by atoms with Gasteiger partial charge in [0.15, 0.2) is 0 Å². The van der Waals surface area contributed by atoms with Gasteiger partial charge in [0.05, 0.1) is 30.9 Å². The average Bonchev–Trinajstić information content (AvgIpc) is 3.10. The van der Waals surface area contributed by atoms with Crippen molar-refractivity contribution in [3.8, 4) is 11.5 Å². The molecule has 0 atom stereocenters. The molecule has 0 radical (unpaired) electrons. The third-order valence-corrected chi connectivity index (χ3v) is 4.24. The molecule has 2 aromatic carbocycles. The van der Waals surface area contributed by atoms with Crippen LogP contribution >= 0.6 is 0 Å². The van der Waals surface area contributed by atoms with Crippen molar-refractivity contribution < 1.29 is 32.2 Å². The second-order valence-electron chi connectivity index (χ2n) is 6.32. The summed E-state index contributed by atoms with van der Waals surface area (Å²) in [7, 11) is 1.49. The van der Waals surface area contributed by atoms with Gasteiger partial charge in [0.2, 0.25) is 5.91 Å². The summed E-state index contributed by atoms with van der Waals surface area (Å²) in [6.45, 7) is 1.03. The predicted molar refractivity (Wildman–Crippen MR) is 96.8 cm³/mol. The van der Waals surface area contributed by atoms with Gasteiger partial charge < -0.3 is 19.5 Å². The van der Waals surface area contributed by atoms with E-state index in [1.54, 1.807) is 12.1 Å². The Hall–Kier alpha value is -2.74. The first-order valence-electron chi connectivity index (χ1n) is 8.74. The Morgan fingerprint density at radius 1 is 1.18 bits per heavy atom. The number of alkyl halides is 3. The third kappa shape index (κ3) is 4.95. The zero-order chi connectivity index (χ0) is 20.1. The summed E-state index contributed by atoms with van der Waals surface area (Å²) in [4.78, 5) is 12.4. The van der Waals surface area contributed by atoms with Crippen LogP contribution in [0.3, 0.4) is 0 Å². The molecule has 1 N–H and O–H groups in total. The van der Waals surface area contributed by atoms with E-state index in [1.165, 1.54) is 13.2 Å². The van der Waals surface area contributed by atoms with Crippen molar-refractivity contribution in [1.82, 2.24) is 0 Å². The number of methoxy groups -OCH3 is 1. The fourth-order valence-corrected chi connectivity index (χ4v) is 2.89. The van der Waals surface area contributed by atoms with Crippen LogP contribution in [0.2, 0.25) is 0 Å². The summed E-state index contributed by atoms with van der Waals surface area (Å²) in [5.74, 6) is 0.520. The molecule has 0 spiro atoms. The molecule has 0 saturated carbocycles. The van der Waals surface area contributed by atoms with E-state index in [-0.39, 0.29) is 31.1 Å². The Morgan fingerprint density at radius 3 is 2.75 bits per heavy atom. The highest BCUT2D eigenvalue weighted by molar-refractivity contribution is 5.93. The molecule has 1 heterocycles. The van der Waals surface area contributed by atoms with Gasteiger partial charge in [0.1, 0.15) is 18.1 Å². The Labute approximate surface area is 160 Å². The Bertz CT molecular complexity index is 852. The Kier molecular flexibility index (Phi) is 6.08. The lowest BCUT2D eigenvalue weighted by molar-refractivity contribution is -0.137. The van der Waals surface area contributed by atoms with Gasteiger partial charge in [-0.25, -0.2) is 0 Å². The van der Waals surface area contributed by atoms with Crippen LogP contribution in [-0.4, -0.2) is 32.8 Å². The first-order chi connectivity index (χ1) is 13.4. The third-order valence-electron chi connectivity index (χ3n) is 4.24. The summed E-state index contributed by atoms with van der Waals surface area (Å²) in [5, 5.41) is 2.53. The standard InChI is InChI=1S/C20H20F3NO4/c1-26-8-9-28-18-5-3-15(20(21,22)23)12-16(18)24-19(25)11-13-2-4-17-14(10-13)6-7-27-17/h2-5,10,12H,6-9,11H2,1H3,(H,24,25). The number of nitrogens with one attached hydrogen (secondary N) is 1. The second-order valence-corrected chi connectivity index (χ2v) is 6.32. The van der Waals surface area contributed by atoms with Crippen LogP contribution in [0.15, 0.2) is 36.4 Å². The van der Waals surface area contributed by atoms with Crippen LogP contribution < -0.4 is 14.8 Å². The molecular formula is C20H20F3NO4. The van der Waals surface area contributed by atoms with E-state index in [1.807, 2.05) is 6.07 Å². The van der Waals surface area contributed by atoms with E-state index in [0.717, 1.165) is 35.4 Å². The molecule has 0 aromatic heterocycles. The fraction of sp³-hybridized carbons (Fsp3) is 0.350. The summed E-state index contributed by atoms with van der Waals surface area (Å²) in [6, 6.07) is 8.43. The van der Waals surface area contributed by atoms with Crippen molar-refractivity contribution in [1.29, 1.82) is 0 Å². The van der Waals surface area contributed by atoms with Crippen molar-refractivity contribution in [3.63, 3.8) is 0 Å². The van der Waals surface area contributed by atoms with Gasteiger partial charge in [-0.05, 0) is 35.4 Å². The largest absolute Gasteiger partial charge is 0.493 e. The van der Waals surface area contributed by atoms with E-state index in [0.29, 0.717) is 6.61 Å². The number of rotatable bonds is 7. The smallest absolute Gasteiger partial charge is 0.416 e. The van der Waals surface area contributed by atoms with Crippen LogP contribution in [0.5, 0.6) is 11.5 Å². The fourth-order valence-electron chi connectivity index (χ4n) is 2.89. The highest BCUT2D eigenvalue weighted by atomic mass is 19.4. The summed E-state index contributed by atoms with van der Waals surface area (Å²) in [5.41, 5.74) is 0.889. The number of carbonyl (C=O) groups is 1. The maximum atomic E-state index is 13.0. The molecule has 5 nitrogen and oxygen atoms in total. The molecule has 0 unspecified atom stereocenters. The maximum Gasteiger partial charge on any atom is 0.416 e. The van der Waals surface area contributed by atoms with Crippen LogP contribution in [-0.2, 0) is 28.5 Å².